The van der Waals surface area contributed by atoms with Crippen LogP contribution in [0, 0.1) is 0 Å². The van der Waals surface area contributed by atoms with E-state index in [1.165, 1.54) is 0 Å². The molecule has 1 heterocycles. The molecule has 18 heavy (non-hydrogen) atoms. The van der Waals surface area contributed by atoms with Crippen LogP contribution in [-0.2, 0) is 11.2 Å². The Hall–Kier alpha value is -2.37. The molecule has 0 aliphatic rings. The van der Waals surface area contributed by atoms with E-state index in [1.807, 2.05) is 12.1 Å². The fourth-order valence-electron chi connectivity index (χ4n) is 1.42. The monoisotopic (exact) mass is 247 g/mol. The van der Waals surface area contributed by atoms with Gasteiger partial charge in [-0.15, -0.1) is 0 Å². The molecule has 1 aromatic carbocycles. The molecule has 0 amide bonds. The second-order valence-corrected chi connectivity index (χ2v) is 3.65. The van der Waals surface area contributed by atoms with Crippen LogP contribution in [-0.4, -0.2) is 22.7 Å². The molecule has 0 bridgehead atoms. The lowest BCUT2D eigenvalue weighted by molar-refractivity contribution is 0.0508. The van der Waals surface area contributed by atoms with E-state index in [0.717, 1.165) is 5.56 Å². The molecule has 2 rings (SSSR count). The van der Waals surface area contributed by atoms with Crippen LogP contribution in [0.5, 0.6) is 0 Å². The molecule has 6 nitrogen and oxygen atoms in total. The highest BCUT2D eigenvalue weighted by atomic mass is 16.5. The molecule has 0 atom stereocenters. The minimum absolute atomic E-state index is 0.0534. The zero-order chi connectivity index (χ0) is 13.0. The third-order valence-electron chi connectivity index (χ3n) is 2.26. The van der Waals surface area contributed by atoms with Gasteiger partial charge in [-0.25, -0.2) is 4.79 Å². The standard InChI is InChI=1S/C12H13N3O3/c1-2-17-12(16)11-14-10(18-15-11)7-8-3-5-9(13)6-4-8/h3-6H,2,7,13H2,1H3. The predicted molar refractivity (Wildman–Crippen MR) is 63.9 cm³/mol. The molecular weight excluding hydrogens is 234 g/mol. The first kappa shape index (κ1) is 12.1. The summed E-state index contributed by atoms with van der Waals surface area (Å²) in [5, 5.41) is 3.56. The fourth-order valence-corrected chi connectivity index (χ4v) is 1.42. The van der Waals surface area contributed by atoms with Crippen molar-refractivity contribution in [1.82, 2.24) is 10.1 Å². The van der Waals surface area contributed by atoms with Gasteiger partial charge in [-0.2, -0.15) is 4.98 Å². The summed E-state index contributed by atoms with van der Waals surface area (Å²) in [5.74, 6) is -0.269. The summed E-state index contributed by atoms with van der Waals surface area (Å²) >= 11 is 0. The first-order chi connectivity index (χ1) is 8.69. The van der Waals surface area contributed by atoms with Crippen LogP contribution in [0.15, 0.2) is 28.8 Å². The van der Waals surface area contributed by atoms with Gasteiger partial charge in [0.25, 0.3) is 5.82 Å². The van der Waals surface area contributed by atoms with E-state index in [0.29, 0.717) is 18.0 Å². The minimum atomic E-state index is -0.579. The number of ether oxygens (including phenoxy) is 1. The third-order valence-corrected chi connectivity index (χ3v) is 2.26. The Morgan fingerprint density at radius 1 is 1.39 bits per heavy atom. The lowest BCUT2D eigenvalue weighted by Gasteiger charge is -1.97. The maximum atomic E-state index is 11.3. The van der Waals surface area contributed by atoms with E-state index in [2.05, 4.69) is 10.1 Å². The molecule has 2 N–H and O–H groups in total. The Balaban J connectivity index is 2.06. The van der Waals surface area contributed by atoms with Gasteiger partial charge in [-0.1, -0.05) is 12.1 Å². The average molecular weight is 247 g/mol. The van der Waals surface area contributed by atoms with Crippen LogP contribution >= 0.6 is 0 Å². The van der Waals surface area contributed by atoms with Crippen LogP contribution in [0.25, 0.3) is 0 Å². The molecule has 0 aliphatic carbocycles. The molecule has 0 aliphatic heterocycles. The molecular formula is C12H13N3O3. The Labute approximate surface area is 104 Å². The predicted octanol–water partition coefficient (Wildman–Crippen LogP) is 1.42. The summed E-state index contributed by atoms with van der Waals surface area (Å²) in [5.41, 5.74) is 7.25. The highest BCUT2D eigenvalue weighted by Gasteiger charge is 2.15. The smallest absolute Gasteiger partial charge is 0.379 e. The number of nitrogen functional groups attached to an aromatic ring is 1. The van der Waals surface area contributed by atoms with Gasteiger partial charge in [-0.3, -0.25) is 0 Å². The van der Waals surface area contributed by atoms with Crippen molar-refractivity contribution in [1.29, 1.82) is 0 Å². The maximum Gasteiger partial charge on any atom is 0.379 e. The zero-order valence-electron chi connectivity index (χ0n) is 9.92. The molecule has 0 saturated heterocycles. The average Bonchev–Trinajstić information content (AvgIpc) is 2.81. The van der Waals surface area contributed by atoms with Gasteiger partial charge in [0.1, 0.15) is 0 Å². The quantitative estimate of drug-likeness (QED) is 0.649. The summed E-state index contributed by atoms with van der Waals surface area (Å²) in [6.07, 6.45) is 0.451. The van der Waals surface area contributed by atoms with E-state index in [-0.39, 0.29) is 12.4 Å². The van der Waals surface area contributed by atoms with Crippen LogP contribution < -0.4 is 5.73 Å². The fraction of sp³-hybridized carbons (Fsp3) is 0.250. The Morgan fingerprint density at radius 2 is 2.11 bits per heavy atom. The summed E-state index contributed by atoms with van der Waals surface area (Å²) in [6.45, 7) is 1.99. The lowest BCUT2D eigenvalue weighted by Crippen LogP contribution is -2.06. The summed E-state index contributed by atoms with van der Waals surface area (Å²) in [7, 11) is 0. The number of anilines is 1. The molecule has 0 unspecified atom stereocenters. The van der Waals surface area contributed by atoms with Gasteiger partial charge >= 0.3 is 5.97 Å². The first-order valence-electron chi connectivity index (χ1n) is 5.53. The van der Waals surface area contributed by atoms with Gasteiger partial charge in [0.05, 0.1) is 13.0 Å². The zero-order valence-corrected chi connectivity index (χ0v) is 9.92. The molecule has 6 heteroatoms. The summed E-state index contributed by atoms with van der Waals surface area (Å²) in [6, 6.07) is 7.31. The number of carbonyl (C=O) groups excluding carboxylic acids is 1. The van der Waals surface area contributed by atoms with Gasteiger partial charge < -0.3 is 15.0 Å². The number of carbonyl (C=O) groups is 1. The second-order valence-electron chi connectivity index (χ2n) is 3.65. The first-order valence-corrected chi connectivity index (χ1v) is 5.53. The molecule has 0 spiro atoms. The highest BCUT2D eigenvalue weighted by Crippen LogP contribution is 2.10. The number of aromatic nitrogens is 2. The second kappa shape index (κ2) is 5.31. The number of nitrogens with zero attached hydrogens (tertiary/aromatic N) is 2. The van der Waals surface area contributed by atoms with E-state index in [9.17, 15) is 4.79 Å². The Bertz CT molecular complexity index is 534. The summed E-state index contributed by atoms with van der Waals surface area (Å²) in [4.78, 5) is 15.3. The molecule has 2 aromatic rings. The van der Waals surface area contributed by atoms with E-state index in [1.54, 1.807) is 19.1 Å². The molecule has 1 aromatic heterocycles. The van der Waals surface area contributed by atoms with Crippen LogP contribution in [0.3, 0.4) is 0 Å². The largest absolute Gasteiger partial charge is 0.460 e. The molecule has 94 valence electrons. The van der Waals surface area contributed by atoms with Gasteiger partial charge in [-0.05, 0) is 29.8 Å². The van der Waals surface area contributed by atoms with Crippen molar-refractivity contribution in [3.05, 3.63) is 41.5 Å². The topological polar surface area (TPSA) is 91.2 Å². The van der Waals surface area contributed by atoms with Gasteiger partial charge in [0.15, 0.2) is 0 Å². The van der Waals surface area contributed by atoms with E-state index in [4.69, 9.17) is 15.0 Å². The van der Waals surface area contributed by atoms with Crippen LogP contribution in [0.4, 0.5) is 5.69 Å². The van der Waals surface area contributed by atoms with Crippen molar-refractivity contribution in [3.8, 4) is 0 Å². The number of rotatable bonds is 4. The van der Waals surface area contributed by atoms with Crippen LogP contribution in [0.1, 0.15) is 29.0 Å². The van der Waals surface area contributed by atoms with Crippen molar-refractivity contribution in [2.24, 2.45) is 0 Å². The van der Waals surface area contributed by atoms with Crippen molar-refractivity contribution in [3.63, 3.8) is 0 Å². The van der Waals surface area contributed by atoms with Crippen molar-refractivity contribution in [2.75, 3.05) is 12.3 Å². The minimum Gasteiger partial charge on any atom is -0.460 e. The number of nitrogens with two attached hydrogens (primary N) is 1. The van der Waals surface area contributed by atoms with Gasteiger partial charge in [0, 0.05) is 5.69 Å². The van der Waals surface area contributed by atoms with Crippen molar-refractivity contribution >= 4 is 11.7 Å². The molecule has 0 radical (unpaired) electrons. The Kier molecular flexibility index (Phi) is 3.57. The number of benzene rings is 1. The lowest BCUT2D eigenvalue weighted by atomic mass is 10.1. The van der Waals surface area contributed by atoms with Crippen LogP contribution in [0.2, 0.25) is 0 Å². The van der Waals surface area contributed by atoms with Crippen molar-refractivity contribution < 1.29 is 14.1 Å². The summed E-state index contributed by atoms with van der Waals surface area (Å²) < 4.78 is 9.74. The molecule has 0 saturated carbocycles. The van der Waals surface area contributed by atoms with Crippen molar-refractivity contribution in [2.45, 2.75) is 13.3 Å². The van der Waals surface area contributed by atoms with Gasteiger partial charge in [0.2, 0.25) is 5.89 Å². The van der Waals surface area contributed by atoms with E-state index >= 15 is 0 Å². The number of esters is 1. The normalized spacial score (nSPS) is 10.3. The highest BCUT2D eigenvalue weighted by molar-refractivity contribution is 5.84. The number of hydrogen-bond donors (Lipinski definition) is 1. The molecule has 0 fully saturated rings. The number of hydrogen-bond acceptors (Lipinski definition) is 6. The third kappa shape index (κ3) is 2.85. The maximum absolute atomic E-state index is 11.3. The Morgan fingerprint density at radius 3 is 2.78 bits per heavy atom. The SMILES string of the molecule is CCOC(=O)c1noc(Cc2ccc(N)cc2)n1. The van der Waals surface area contributed by atoms with E-state index < -0.39 is 5.97 Å².